The first-order chi connectivity index (χ1) is 10.2. The molecule has 0 unspecified atom stereocenters. The molecule has 0 fully saturated rings. The first-order valence-corrected chi connectivity index (χ1v) is 8.04. The molecular formula is C15H13BrFNO2S. The number of rotatable bonds is 3. The van der Waals surface area contributed by atoms with Crippen LogP contribution < -0.4 is 15.2 Å². The minimum absolute atomic E-state index is 0.294. The first kappa shape index (κ1) is 14.7. The van der Waals surface area contributed by atoms with Crippen molar-refractivity contribution in [3.05, 3.63) is 46.2 Å². The predicted molar refractivity (Wildman–Crippen MR) is 83.5 cm³/mol. The van der Waals surface area contributed by atoms with E-state index in [1.165, 1.54) is 11.8 Å². The van der Waals surface area contributed by atoms with Gasteiger partial charge in [0, 0.05) is 16.3 Å². The average molecular weight is 370 g/mol. The first-order valence-electron chi connectivity index (χ1n) is 6.43. The van der Waals surface area contributed by atoms with E-state index in [2.05, 4.69) is 15.9 Å². The van der Waals surface area contributed by atoms with E-state index in [1.54, 1.807) is 6.07 Å². The SMILES string of the molecule is NCc1ccc(Sc2ccc3c(c2)OCCO3)c(F)c1Br. The lowest BCUT2D eigenvalue weighted by Crippen LogP contribution is -2.15. The van der Waals surface area contributed by atoms with Crippen molar-refractivity contribution in [3.63, 3.8) is 0 Å². The van der Waals surface area contributed by atoms with E-state index in [0.717, 1.165) is 16.2 Å². The molecule has 0 saturated heterocycles. The second-order valence-corrected chi connectivity index (χ2v) is 6.37. The van der Waals surface area contributed by atoms with Gasteiger partial charge >= 0.3 is 0 Å². The summed E-state index contributed by atoms with van der Waals surface area (Å²) in [6.45, 7) is 1.39. The molecular weight excluding hydrogens is 357 g/mol. The molecule has 0 spiro atoms. The van der Waals surface area contributed by atoms with Crippen LogP contribution in [0, 0.1) is 5.82 Å². The van der Waals surface area contributed by atoms with E-state index in [9.17, 15) is 4.39 Å². The Morgan fingerprint density at radius 2 is 1.90 bits per heavy atom. The molecule has 0 amide bonds. The maximum atomic E-state index is 14.3. The molecule has 110 valence electrons. The van der Waals surface area contributed by atoms with Crippen molar-refractivity contribution in [3.8, 4) is 11.5 Å². The monoisotopic (exact) mass is 369 g/mol. The van der Waals surface area contributed by atoms with Crippen LogP contribution in [-0.4, -0.2) is 13.2 Å². The maximum absolute atomic E-state index is 14.3. The molecule has 6 heteroatoms. The largest absolute Gasteiger partial charge is 0.486 e. The summed E-state index contributed by atoms with van der Waals surface area (Å²) in [4.78, 5) is 1.43. The summed E-state index contributed by atoms with van der Waals surface area (Å²) in [6, 6.07) is 9.17. The van der Waals surface area contributed by atoms with Gasteiger partial charge in [-0.25, -0.2) is 4.39 Å². The maximum Gasteiger partial charge on any atom is 0.162 e. The van der Waals surface area contributed by atoms with Crippen LogP contribution in [0.1, 0.15) is 5.56 Å². The van der Waals surface area contributed by atoms with E-state index in [1.807, 2.05) is 24.3 Å². The van der Waals surface area contributed by atoms with E-state index >= 15 is 0 Å². The van der Waals surface area contributed by atoms with Gasteiger partial charge in [-0.2, -0.15) is 0 Å². The summed E-state index contributed by atoms with van der Waals surface area (Å²) in [5.74, 6) is 1.13. The quantitative estimate of drug-likeness (QED) is 0.888. The summed E-state index contributed by atoms with van der Waals surface area (Å²) >= 11 is 4.59. The summed E-state index contributed by atoms with van der Waals surface area (Å²) in [6.07, 6.45) is 0. The second-order valence-electron chi connectivity index (χ2n) is 4.46. The van der Waals surface area contributed by atoms with Crippen LogP contribution in [0.2, 0.25) is 0 Å². The van der Waals surface area contributed by atoms with Gasteiger partial charge in [0.15, 0.2) is 17.3 Å². The average Bonchev–Trinajstić information content (AvgIpc) is 2.52. The van der Waals surface area contributed by atoms with E-state index in [-0.39, 0.29) is 5.82 Å². The van der Waals surface area contributed by atoms with Crippen molar-refractivity contribution in [2.75, 3.05) is 13.2 Å². The predicted octanol–water partition coefficient (Wildman–Crippen LogP) is 3.97. The summed E-state index contributed by atoms with van der Waals surface area (Å²) < 4.78 is 25.7. The third-order valence-electron chi connectivity index (χ3n) is 3.09. The summed E-state index contributed by atoms with van der Waals surface area (Å²) in [5.41, 5.74) is 6.31. The lowest BCUT2D eigenvalue weighted by Gasteiger charge is -2.18. The number of hydrogen-bond acceptors (Lipinski definition) is 4. The zero-order chi connectivity index (χ0) is 14.8. The molecule has 0 saturated carbocycles. The van der Waals surface area contributed by atoms with Gasteiger partial charge in [0.05, 0.1) is 4.47 Å². The Labute approximate surface area is 134 Å². The number of fused-ring (bicyclic) bond motifs is 1. The molecule has 0 radical (unpaired) electrons. The highest BCUT2D eigenvalue weighted by Crippen LogP contribution is 2.39. The Balaban J connectivity index is 1.88. The van der Waals surface area contributed by atoms with E-state index in [0.29, 0.717) is 34.9 Å². The van der Waals surface area contributed by atoms with Crippen LogP contribution in [0.5, 0.6) is 11.5 Å². The molecule has 21 heavy (non-hydrogen) atoms. The van der Waals surface area contributed by atoms with Crippen LogP contribution in [0.25, 0.3) is 0 Å². The van der Waals surface area contributed by atoms with Gasteiger partial charge in [-0.1, -0.05) is 17.8 Å². The van der Waals surface area contributed by atoms with Crippen molar-refractivity contribution in [1.82, 2.24) is 0 Å². The van der Waals surface area contributed by atoms with Crippen LogP contribution in [0.3, 0.4) is 0 Å². The molecule has 3 rings (SSSR count). The molecule has 0 aromatic heterocycles. The fourth-order valence-electron chi connectivity index (χ4n) is 2.02. The molecule has 1 aliphatic rings. The van der Waals surface area contributed by atoms with Crippen molar-refractivity contribution in [1.29, 1.82) is 0 Å². The highest BCUT2D eigenvalue weighted by Gasteiger charge is 2.15. The number of nitrogens with two attached hydrogens (primary N) is 1. The van der Waals surface area contributed by atoms with Gasteiger partial charge in [0.2, 0.25) is 0 Å². The normalized spacial score (nSPS) is 13.3. The second kappa shape index (κ2) is 6.25. The number of ether oxygens (including phenoxy) is 2. The third-order valence-corrected chi connectivity index (χ3v) is 4.97. The lowest BCUT2D eigenvalue weighted by atomic mass is 10.2. The van der Waals surface area contributed by atoms with Crippen LogP contribution in [0.15, 0.2) is 44.6 Å². The smallest absolute Gasteiger partial charge is 0.162 e. The standard InChI is InChI=1S/C15H13BrFNO2S/c16-14-9(8-18)1-4-13(15(14)17)21-10-2-3-11-12(7-10)20-6-5-19-11/h1-4,7H,5-6,8,18H2. The molecule has 2 aromatic rings. The Kier molecular flexibility index (Phi) is 4.37. The minimum atomic E-state index is -0.294. The molecule has 0 bridgehead atoms. The minimum Gasteiger partial charge on any atom is -0.486 e. The lowest BCUT2D eigenvalue weighted by molar-refractivity contribution is 0.171. The van der Waals surface area contributed by atoms with E-state index < -0.39 is 0 Å². The van der Waals surface area contributed by atoms with Crippen molar-refractivity contribution in [2.24, 2.45) is 5.73 Å². The summed E-state index contributed by atoms with van der Waals surface area (Å²) in [5, 5.41) is 0. The van der Waals surface area contributed by atoms with Gasteiger partial charge in [-0.3, -0.25) is 0 Å². The molecule has 1 heterocycles. The highest BCUT2D eigenvalue weighted by atomic mass is 79.9. The van der Waals surface area contributed by atoms with E-state index in [4.69, 9.17) is 15.2 Å². The molecule has 1 aliphatic heterocycles. The Morgan fingerprint density at radius 3 is 2.67 bits per heavy atom. The van der Waals surface area contributed by atoms with Gasteiger partial charge in [-0.05, 0) is 45.8 Å². The molecule has 3 nitrogen and oxygen atoms in total. The Hall–Kier alpha value is -1.24. The van der Waals surface area contributed by atoms with Crippen LogP contribution in [0.4, 0.5) is 4.39 Å². The van der Waals surface area contributed by atoms with Crippen molar-refractivity contribution < 1.29 is 13.9 Å². The van der Waals surface area contributed by atoms with Gasteiger partial charge in [0.25, 0.3) is 0 Å². The molecule has 0 atom stereocenters. The van der Waals surface area contributed by atoms with Gasteiger partial charge < -0.3 is 15.2 Å². The van der Waals surface area contributed by atoms with Crippen molar-refractivity contribution >= 4 is 27.7 Å². The molecule has 2 aromatic carbocycles. The van der Waals surface area contributed by atoms with Crippen LogP contribution >= 0.6 is 27.7 Å². The fourth-order valence-corrected chi connectivity index (χ4v) is 3.54. The summed E-state index contributed by atoms with van der Waals surface area (Å²) in [7, 11) is 0. The van der Waals surface area contributed by atoms with Gasteiger partial charge in [-0.15, -0.1) is 0 Å². The molecule has 0 aliphatic carbocycles. The molecule has 2 N–H and O–H groups in total. The van der Waals surface area contributed by atoms with Crippen molar-refractivity contribution in [2.45, 2.75) is 16.3 Å². The van der Waals surface area contributed by atoms with Crippen LogP contribution in [-0.2, 0) is 6.54 Å². The Bertz CT molecular complexity index is 681. The number of halogens is 2. The highest BCUT2D eigenvalue weighted by molar-refractivity contribution is 9.10. The third kappa shape index (κ3) is 3.02. The van der Waals surface area contributed by atoms with Gasteiger partial charge in [0.1, 0.15) is 13.2 Å². The zero-order valence-corrected chi connectivity index (χ0v) is 13.5. The topological polar surface area (TPSA) is 44.5 Å². The number of benzene rings is 2. The number of hydrogen-bond donors (Lipinski definition) is 1. The Morgan fingerprint density at radius 1 is 1.14 bits per heavy atom. The fraction of sp³-hybridized carbons (Fsp3) is 0.200. The zero-order valence-electron chi connectivity index (χ0n) is 11.1.